The molecule has 0 saturated heterocycles. The van der Waals surface area contributed by atoms with Gasteiger partial charge in [-0.15, -0.1) is 10.2 Å². The molecule has 384 valence electrons. The van der Waals surface area contributed by atoms with Gasteiger partial charge >= 0.3 is 0 Å². The van der Waals surface area contributed by atoms with Gasteiger partial charge in [0.1, 0.15) is 0 Å². The molecule has 3 aliphatic rings. The van der Waals surface area contributed by atoms with E-state index < -0.39 is 10.8 Å². The summed E-state index contributed by atoms with van der Waals surface area (Å²) in [5.74, 6) is 0.815. The van der Waals surface area contributed by atoms with Crippen molar-refractivity contribution < 1.29 is 0 Å². The second kappa shape index (κ2) is 18.1. The third-order valence-electron chi connectivity index (χ3n) is 18.3. The van der Waals surface area contributed by atoms with Gasteiger partial charge in [0.05, 0.1) is 21.9 Å². The monoisotopic (exact) mass is 1040 g/mol. The van der Waals surface area contributed by atoms with Gasteiger partial charge in [-0.05, 0) is 174 Å². The van der Waals surface area contributed by atoms with Crippen LogP contribution < -0.4 is 0 Å². The molecule has 4 heteroatoms. The van der Waals surface area contributed by atoms with Crippen LogP contribution in [-0.2, 0) is 10.8 Å². The number of pyridine rings is 1. The van der Waals surface area contributed by atoms with E-state index in [2.05, 4.69) is 300 Å². The molecule has 0 spiro atoms. The first kappa shape index (κ1) is 46.5. The van der Waals surface area contributed by atoms with Gasteiger partial charge < -0.3 is 4.57 Å². The van der Waals surface area contributed by atoms with Crippen LogP contribution in [0.2, 0.25) is 0 Å². The quantitative estimate of drug-likeness (QED) is 0.152. The molecule has 3 heterocycles. The van der Waals surface area contributed by atoms with Crippen LogP contribution in [0.5, 0.6) is 0 Å². The second-order valence-corrected chi connectivity index (χ2v) is 22.3. The molecule has 0 fully saturated rings. The SMILES string of the molecule is C1=CC2=C(CC1)C(c1ccccc1)(c1ccccc1)c1cc(-c3ccc4c(c3)c3cc(-c5ccc6c(c5)C(c5ccccc5)(c5ccccc5)c5ccccc5-6)ccc3n4-c3ccc(-c4nnc5c6ccccc6ccn45)cc3)ccc12. The highest BCUT2D eigenvalue weighted by atomic mass is 15.2. The maximum atomic E-state index is 4.75. The Bertz CT molecular complexity index is 4870. The Balaban J connectivity index is 0.860. The summed E-state index contributed by atoms with van der Waals surface area (Å²) in [7, 11) is 0. The molecule has 3 aromatic heterocycles. The lowest BCUT2D eigenvalue weighted by Crippen LogP contribution is -2.30. The molecule has 0 radical (unpaired) electrons. The van der Waals surface area contributed by atoms with Crippen LogP contribution in [0, 0.1) is 0 Å². The van der Waals surface area contributed by atoms with E-state index in [4.69, 9.17) is 10.2 Å². The average Bonchev–Trinajstić information content (AvgIpc) is 2.50. The maximum Gasteiger partial charge on any atom is 0.168 e. The van der Waals surface area contributed by atoms with Crippen molar-refractivity contribution in [1.82, 2.24) is 19.2 Å². The van der Waals surface area contributed by atoms with Crippen LogP contribution in [0.15, 0.2) is 297 Å². The highest BCUT2D eigenvalue weighted by Gasteiger charge is 2.48. The Morgan fingerprint density at radius 3 is 1.50 bits per heavy atom. The third kappa shape index (κ3) is 6.61. The molecular formula is C78H52N4. The van der Waals surface area contributed by atoms with Crippen LogP contribution in [0.1, 0.15) is 57.3 Å². The molecule has 0 bridgehead atoms. The van der Waals surface area contributed by atoms with E-state index in [1.54, 1.807) is 0 Å². The molecule has 3 aliphatic carbocycles. The maximum absolute atomic E-state index is 4.75. The number of hydrogen-bond acceptors (Lipinski definition) is 2. The average molecular weight is 1050 g/mol. The van der Waals surface area contributed by atoms with Crippen molar-refractivity contribution in [2.24, 2.45) is 0 Å². The minimum absolute atomic E-state index is 0.419. The van der Waals surface area contributed by atoms with Crippen molar-refractivity contribution in [2.45, 2.75) is 23.7 Å². The van der Waals surface area contributed by atoms with Crippen LogP contribution in [0.25, 0.3) is 94.3 Å². The van der Waals surface area contributed by atoms with E-state index in [1.165, 1.54) is 99.8 Å². The summed E-state index contributed by atoms with van der Waals surface area (Å²) in [4.78, 5) is 0. The Morgan fingerprint density at radius 2 is 0.866 bits per heavy atom. The minimum atomic E-state index is -0.502. The van der Waals surface area contributed by atoms with Gasteiger partial charge in [0.2, 0.25) is 0 Å². The summed E-state index contributed by atoms with van der Waals surface area (Å²) in [6, 6.07) is 102. The molecule has 0 amide bonds. The molecule has 0 N–H and O–H groups in total. The fourth-order valence-corrected chi connectivity index (χ4v) is 14.8. The fourth-order valence-electron chi connectivity index (χ4n) is 14.8. The summed E-state index contributed by atoms with van der Waals surface area (Å²) in [6.07, 6.45) is 8.86. The highest BCUT2D eigenvalue weighted by molar-refractivity contribution is 6.12. The normalized spacial score (nSPS) is 14.6. The molecular weight excluding hydrogens is 993 g/mol. The number of aromatic nitrogens is 4. The molecule has 0 saturated carbocycles. The summed E-state index contributed by atoms with van der Waals surface area (Å²) in [5.41, 5.74) is 24.9. The van der Waals surface area contributed by atoms with Gasteiger partial charge in [-0.25, -0.2) is 0 Å². The predicted octanol–water partition coefficient (Wildman–Crippen LogP) is 18.8. The number of hydrogen-bond donors (Lipinski definition) is 0. The zero-order valence-corrected chi connectivity index (χ0v) is 44.9. The van der Waals surface area contributed by atoms with E-state index in [9.17, 15) is 0 Å². The molecule has 11 aromatic carbocycles. The number of fused-ring (bicyclic) bond motifs is 11. The molecule has 0 unspecified atom stereocenters. The molecule has 0 atom stereocenters. The van der Waals surface area contributed by atoms with E-state index in [0.29, 0.717) is 0 Å². The molecule has 82 heavy (non-hydrogen) atoms. The first-order valence-electron chi connectivity index (χ1n) is 28.6. The van der Waals surface area contributed by atoms with E-state index in [0.717, 1.165) is 57.4 Å². The topological polar surface area (TPSA) is 35.1 Å². The summed E-state index contributed by atoms with van der Waals surface area (Å²) in [6.45, 7) is 0. The molecule has 0 aliphatic heterocycles. The van der Waals surface area contributed by atoms with Gasteiger partial charge in [0, 0.05) is 33.6 Å². The number of benzene rings is 11. The van der Waals surface area contributed by atoms with Crippen LogP contribution in [-0.4, -0.2) is 19.2 Å². The lowest BCUT2D eigenvalue weighted by molar-refractivity contribution is 0.697. The minimum Gasteiger partial charge on any atom is -0.309 e. The Labute approximate surface area is 475 Å². The Morgan fingerprint density at radius 1 is 0.366 bits per heavy atom. The van der Waals surface area contributed by atoms with Crippen LogP contribution in [0.4, 0.5) is 0 Å². The Kier molecular flexibility index (Phi) is 10.2. The van der Waals surface area contributed by atoms with Crippen molar-refractivity contribution in [3.8, 4) is 50.5 Å². The second-order valence-electron chi connectivity index (χ2n) is 22.3. The van der Waals surface area contributed by atoms with Gasteiger partial charge in [0.25, 0.3) is 0 Å². The van der Waals surface area contributed by atoms with Gasteiger partial charge in [-0.1, -0.05) is 218 Å². The summed E-state index contributed by atoms with van der Waals surface area (Å²) < 4.78 is 4.54. The summed E-state index contributed by atoms with van der Waals surface area (Å²) >= 11 is 0. The van der Waals surface area contributed by atoms with Gasteiger partial charge in [-0.3, -0.25) is 4.40 Å². The van der Waals surface area contributed by atoms with Crippen LogP contribution >= 0.6 is 0 Å². The van der Waals surface area contributed by atoms with Crippen molar-refractivity contribution in [3.63, 3.8) is 0 Å². The fraction of sp³-hybridized carbons (Fsp3) is 0.0513. The zero-order valence-electron chi connectivity index (χ0n) is 44.9. The highest BCUT2D eigenvalue weighted by Crippen LogP contribution is 2.59. The standard InChI is InChI=1S/C78H52N4/c1-5-20-57(21-6-1)77(58-22-7-2-8-23-58)69-31-17-15-29-63(69)65-41-35-55(49-71(65)77)53-37-43-73-67(47-53)68-48-54(38-44-74(68)82(73)61-39-33-52(34-40-61)75-79-80-76-62-28-14-13-19-51(62)45-46-81(75)76)56-36-42-66-64-30-16-18-32-70(64)78(72(66)50-56,59-24-9-3-10-25-59)60-26-11-4-12-27-60/h1-17,19-31,33-50H,18,32H2. The van der Waals surface area contributed by atoms with Crippen molar-refractivity contribution in [2.75, 3.05) is 0 Å². The number of nitrogens with zero attached hydrogens (tertiary/aromatic N) is 4. The lowest BCUT2D eigenvalue weighted by atomic mass is 9.65. The van der Waals surface area contributed by atoms with Gasteiger partial charge in [0.15, 0.2) is 11.5 Å². The van der Waals surface area contributed by atoms with Crippen LogP contribution in [0.3, 0.4) is 0 Å². The van der Waals surface area contributed by atoms with E-state index in [-0.39, 0.29) is 0 Å². The summed E-state index contributed by atoms with van der Waals surface area (Å²) in [5, 5.41) is 14.1. The molecule has 4 nitrogen and oxygen atoms in total. The zero-order chi connectivity index (χ0) is 53.9. The third-order valence-corrected chi connectivity index (χ3v) is 18.3. The smallest absolute Gasteiger partial charge is 0.168 e. The molecule has 17 rings (SSSR count). The number of allylic oxidation sites excluding steroid dienone is 4. The lowest BCUT2D eigenvalue weighted by Gasteiger charge is -2.36. The molecule has 14 aromatic rings. The number of rotatable bonds is 8. The Hall–Kier alpha value is -10.4. The van der Waals surface area contributed by atoms with Gasteiger partial charge in [-0.2, -0.15) is 0 Å². The van der Waals surface area contributed by atoms with Crippen molar-refractivity contribution in [3.05, 3.63) is 341 Å². The predicted molar refractivity (Wildman–Crippen MR) is 337 cm³/mol. The first-order valence-corrected chi connectivity index (χ1v) is 28.6. The van der Waals surface area contributed by atoms with E-state index in [1.807, 2.05) is 0 Å². The largest absolute Gasteiger partial charge is 0.309 e. The van der Waals surface area contributed by atoms with Crippen molar-refractivity contribution >= 4 is 43.8 Å². The first-order chi connectivity index (χ1) is 40.7. The van der Waals surface area contributed by atoms with Crippen molar-refractivity contribution in [1.29, 1.82) is 0 Å². The van der Waals surface area contributed by atoms with E-state index >= 15 is 0 Å².